The molecule has 0 heterocycles. The quantitative estimate of drug-likeness (QED) is 0.644. The van der Waals surface area contributed by atoms with E-state index < -0.39 is 35.6 Å². The number of ether oxygens (including phenoxy) is 1. The molecule has 1 aromatic rings. The summed E-state index contributed by atoms with van der Waals surface area (Å²) in [6.45, 7) is 9.09. The van der Waals surface area contributed by atoms with Gasteiger partial charge in [-0.2, -0.15) is 0 Å². The number of primary amides is 1. The first-order valence-corrected chi connectivity index (χ1v) is 9.11. The van der Waals surface area contributed by atoms with Gasteiger partial charge in [-0.15, -0.1) is 0 Å². The van der Waals surface area contributed by atoms with Crippen molar-refractivity contribution in [1.82, 2.24) is 10.6 Å². The fraction of sp³-hybridized carbons (Fsp3) is 0.550. The van der Waals surface area contributed by atoms with Crippen molar-refractivity contribution in [2.24, 2.45) is 11.7 Å². The SMILES string of the molecule is CC(C)C[C@@H](NC(=O)[C@@H](Cc1ccccc1)NC(=O)OC(C)(C)C)C(N)=O. The summed E-state index contributed by atoms with van der Waals surface area (Å²) in [4.78, 5) is 36.6. The lowest BCUT2D eigenvalue weighted by atomic mass is 10.0. The smallest absolute Gasteiger partial charge is 0.408 e. The zero-order valence-corrected chi connectivity index (χ0v) is 16.7. The second kappa shape index (κ2) is 9.94. The van der Waals surface area contributed by atoms with Gasteiger partial charge in [0, 0.05) is 6.42 Å². The minimum absolute atomic E-state index is 0.175. The van der Waals surface area contributed by atoms with E-state index in [9.17, 15) is 14.4 Å². The van der Waals surface area contributed by atoms with Crippen molar-refractivity contribution < 1.29 is 19.1 Å². The zero-order chi connectivity index (χ0) is 20.6. The van der Waals surface area contributed by atoms with E-state index in [2.05, 4.69) is 10.6 Å². The number of carbonyl (C=O) groups excluding carboxylic acids is 3. The van der Waals surface area contributed by atoms with E-state index in [0.717, 1.165) is 5.56 Å². The number of hydrogen-bond donors (Lipinski definition) is 3. The van der Waals surface area contributed by atoms with Crippen molar-refractivity contribution in [2.75, 3.05) is 0 Å². The molecule has 1 rings (SSSR count). The van der Waals surface area contributed by atoms with Crippen LogP contribution >= 0.6 is 0 Å². The van der Waals surface area contributed by atoms with Crippen LogP contribution in [0.2, 0.25) is 0 Å². The van der Waals surface area contributed by atoms with Crippen LogP contribution in [0, 0.1) is 5.92 Å². The van der Waals surface area contributed by atoms with Crippen LogP contribution in [0.5, 0.6) is 0 Å². The molecule has 0 saturated carbocycles. The molecule has 2 atom stereocenters. The molecule has 0 aliphatic carbocycles. The first kappa shape index (κ1) is 22.5. The Balaban J connectivity index is 2.92. The van der Waals surface area contributed by atoms with E-state index in [1.165, 1.54) is 0 Å². The van der Waals surface area contributed by atoms with Gasteiger partial charge in [-0.1, -0.05) is 44.2 Å². The minimum atomic E-state index is -0.892. The fourth-order valence-corrected chi connectivity index (χ4v) is 2.50. The van der Waals surface area contributed by atoms with Crippen LogP contribution in [0.1, 0.15) is 46.6 Å². The molecule has 1 aromatic carbocycles. The Bertz CT molecular complexity index is 638. The zero-order valence-electron chi connectivity index (χ0n) is 16.7. The fourth-order valence-electron chi connectivity index (χ4n) is 2.50. The Morgan fingerprint density at radius 3 is 2.11 bits per heavy atom. The largest absolute Gasteiger partial charge is 0.444 e. The van der Waals surface area contributed by atoms with Gasteiger partial charge in [0.1, 0.15) is 17.7 Å². The molecule has 0 aromatic heterocycles. The van der Waals surface area contributed by atoms with Crippen LogP contribution in [0.3, 0.4) is 0 Å². The van der Waals surface area contributed by atoms with Crippen molar-refractivity contribution in [1.29, 1.82) is 0 Å². The molecule has 150 valence electrons. The predicted molar refractivity (Wildman–Crippen MR) is 104 cm³/mol. The van der Waals surface area contributed by atoms with Gasteiger partial charge in [0.2, 0.25) is 11.8 Å². The summed E-state index contributed by atoms with van der Waals surface area (Å²) in [7, 11) is 0. The number of amides is 3. The second-order valence-corrected chi connectivity index (χ2v) is 7.98. The Morgan fingerprint density at radius 2 is 1.63 bits per heavy atom. The molecule has 0 spiro atoms. The van der Waals surface area contributed by atoms with E-state index in [1.807, 2.05) is 44.2 Å². The normalized spacial score (nSPS) is 13.6. The van der Waals surface area contributed by atoms with Gasteiger partial charge >= 0.3 is 6.09 Å². The van der Waals surface area contributed by atoms with Crippen molar-refractivity contribution in [3.05, 3.63) is 35.9 Å². The molecule has 3 amide bonds. The summed E-state index contributed by atoms with van der Waals surface area (Å²) in [5, 5.41) is 5.25. The summed E-state index contributed by atoms with van der Waals surface area (Å²) in [6, 6.07) is 7.59. The first-order valence-electron chi connectivity index (χ1n) is 9.11. The molecule has 0 aliphatic rings. The molecule has 0 bridgehead atoms. The molecule has 7 nitrogen and oxygen atoms in total. The number of nitrogens with one attached hydrogen (secondary N) is 2. The molecule has 0 saturated heterocycles. The van der Waals surface area contributed by atoms with Gasteiger partial charge in [0.15, 0.2) is 0 Å². The van der Waals surface area contributed by atoms with E-state index in [4.69, 9.17) is 10.5 Å². The topological polar surface area (TPSA) is 111 Å². The average molecular weight is 377 g/mol. The highest BCUT2D eigenvalue weighted by Crippen LogP contribution is 2.10. The van der Waals surface area contributed by atoms with Crippen LogP contribution in [0.25, 0.3) is 0 Å². The van der Waals surface area contributed by atoms with Gasteiger partial charge in [-0.05, 0) is 38.7 Å². The second-order valence-electron chi connectivity index (χ2n) is 7.98. The molecule has 0 radical (unpaired) electrons. The van der Waals surface area contributed by atoms with Crippen molar-refractivity contribution in [2.45, 2.75) is 65.1 Å². The Morgan fingerprint density at radius 1 is 1.04 bits per heavy atom. The average Bonchev–Trinajstić information content (AvgIpc) is 2.52. The third-order valence-corrected chi connectivity index (χ3v) is 3.66. The van der Waals surface area contributed by atoms with Crippen molar-refractivity contribution in [3.8, 4) is 0 Å². The minimum Gasteiger partial charge on any atom is -0.444 e. The maximum atomic E-state index is 12.8. The maximum Gasteiger partial charge on any atom is 0.408 e. The summed E-state index contributed by atoms with van der Waals surface area (Å²) in [5.74, 6) is -0.906. The van der Waals surface area contributed by atoms with Gasteiger partial charge < -0.3 is 21.1 Å². The molecule has 4 N–H and O–H groups in total. The molecule has 0 aliphatic heterocycles. The van der Waals surface area contributed by atoms with Crippen LogP contribution in [0.15, 0.2) is 30.3 Å². The van der Waals surface area contributed by atoms with Gasteiger partial charge in [-0.25, -0.2) is 4.79 Å². The van der Waals surface area contributed by atoms with Crippen LogP contribution in [-0.4, -0.2) is 35.6 Å². The van der Waals surface area contributed by atoms with Crippen LogP contribution < -0.4 is 16.4 Å². The van der Waals surface area contributed by atoms with E-state index in [-0.39, 0.29) is 12.3 Å². The molecule has 0 unspecified atom stereocenters. The molecular weight excluding hydrogens is 346 g/mol. The van der Waals surface area contributed by atoms with E-state index >= 15 is 0 Å². The predicted octanol–water partition coefficient (Wildman–Crippen LogP) is 2.14. The van der Waals surface area contributed by atoms with Gasteiger partial charge in [0.05, 0.1) is 0 Å². The first-order chi connectivity index (χ1) is 12.5. The molecule has 7 heteroatoms. The number of benzene rings is 1. The van der Waals surface area contributed by atoms with Crippen molar-refractivity contribution >= 4 is 17.9 Å². The lowest BCUT2D eigenvalue weighted by molar-refractivity contribution is -0.128. The Kier molecular flexibility index (Phi) is 8.28. The molecule has 0 fully saturated rings. The number of nitrogens with two attached hydrogens (primary N) is 1. The number of alkyl carbamates (subject to hydrolysis) is 1. The number of carbonyl (C=O) groups is 3. The van der Waals surface area contributed by atoms with E-state index in [1.54, 1.807) is 20.8 Å². The third-order valence-electron chi connectivity index (χ3n) is 3.66. The van der Waals surface area contributed by atoms with Gasteiger partial charge in [0.25, 0.3) is 0 Å². The van der Waals surface area contributed by atoms with E-state index in [0.29, 0.717) is 6.42 Å². The van der Waals surface area contributed by atoms with Crippen molar-refractivity contribution in [3.63, 3.8) is 0 Å². The third kappa shape index (κ3) is 9.08. The lowest BCUT2D eigenvalue weighted by Gasteiger charge is -2.25. The summed E-state index contributed by atoms with van der Waals surface area (Å²) >= 11 is 0. The Labute approximate surface area is 161 Å². The monoisotopic (exact) mass is 377 g/mol. The highest BCUT2D eigenvalue weighted by Gasteiger charge is 2.28. The highest BCUT2D eigenvalue weighted by atomic mass is 16.6. The molecular formula is C20H31N3O4. The Hall–Kier alpha value is -2.57. The van der Waals surface area contributed by atoms with Crippen LogP contribution in [0.4, 0.5) is 4.79 Å². The summed E-state index contributed by atoms with van der Waals surface area (Å²) < 4.78 is 5.25. The highest BCUT2D eigenvalue weighted by molar-refractivity contribution is 5.90. The maximum absolute atomic E-state index is 12.8. The standard InChI is InChI=1S/C20H31N3O4/c1-13(2)11-15(17(21)24)22-18(25)16(12-14-9-7-6-8-10-14)23-19(26)27-20(3,4)5/h6-10,13,15-16H,11-12H2,1-5H3,(H2,21,24)(H,22,25)(H,23,26)/t15-,16-/m1/s1. The summed E-state index contributed by atoms with van der Waals surface area (Å²) in [6.07, 6.45) is -0.0111. The van der Waals surface area contributed by atoms with Crippen LogP contribution in [-0.2, 0) is 20.7 Å². The molecule has 27 heavy (non-hydrogen) atoms. The lowest BCUT2D eigenvalue weighted by Crippen LogP contribution is -2.54. The van der Waals surface area contributed by atoms with Gasteiger partial charge in [-0.3, -0.25) is 9.59 Å². The number of hydrogen-bond acceptors (Lipinski definition) is 4. The number of rotatable bonds is 8. The summed E-state index contributed by atoms with van der Waals surface area (Å²) in [5.41, 5.74) is 5.58.